The fourth-order valence-corrected chi connectivity index (χ4v) is 4.04. The highest BCUT2D eigenvalue weighted by atomic mass is 16.6. The van der Waals surface area contributed by atoms with Crippen LogP contribution in [0.15, 0.2) is 30.3 Å². The van der Waals surface area contributed by atoms with Crippen LogP contribution in [-0.4, -0.2) is 72.2 Å². The molecule has 0 saturated carbocycles. The summed E-state index contributed by atoms with van der Waals surface area (Å²) < 4.78 is 11.4. The van der Waals surface area contributed by atoms with Gasteiger partial charge in [0.1, 0.15) is 24.2 Å². The van der Waals surface area contributed by atoms with Crippen molar-refractivity contribution in [2.45, 2.75) is 49.2 Å². The van der Waals surface area contributed by atoms with Gasteiger partial charge in [-0.05, 0) is 12.6 Å². The molecule has 4 rings (SSSR count). The first-order chi connectivity index (χ1) is 11.7. The van der Waals surface area contributed by atoms with Crippen LogP contribution >= 0.6 is 0 Å². The van der Waals surface area contributed by atoms with E-state index in [1.807, 2.05) is 30.3 Å². The first-order valence-electron chi connectivity index (χ1n) is 8.37. The smallest absolute Gasteiger partial charge is 0.316 e. The Bertz CT molecular complexity index is 548. The largest absolute Gasteiger partial charge is 0.462 e. The van der Waals surface area contributed by atoms with E-state index < -0.39 is 5.92 Å². The molecule has 6 heteroatoms. The number of aliphatic hydroxyl groups is 2. The van der Waals surface area contributed by atoms with Gasteiger partial charge < -0.3 is 19.7 Å². The minimum Gasteiger partial charge on any atom is -0.462 e. The Morgan fingerprint density at radius 2 is 1.83 bits per heavy atom. The number of rotatable bonds is 4. The van der Waals surface area contributed by atoms with E-state index in [-0.39, 0.29) is 18.7 Å². The zero-order valence-electron chi connectivity index (χ0n) is 14.0. The van der Waals surface area contributed by atoms with Crippen molar-refractivity contribution in [1.29, 1.82) is 0 Å². The molecule has 0 aliphatic carbocycles. The van der Waals surface area contributed by atoms with Crippen molar-refractivity contribution >= 4 is 5.97 Å². The summed E-state index contributed by atoms with van der Waals surface area (Å²) in [5, 5.41) is 16.6. The maximum absolute atomic E-state index is 12.4. The lowest BCUT2D eigenvalue weighted by Gasteiger charge is -2.38. The van der Waals surface area contributed by atoms with Crippen molar-refractivity contribution in [1.82, 2.24) is 4.90 Å². The maximum atomic E-state index is 12.4. The average Bonchev–Trinajstić information content (AvgIpc) is 3.36. The van der Waals surface area contributed by atoms with Crippen LogP contribution in [0.3, 0.4) is 0 Å². The molecule has 2 N–H and O–H groups in total. The van der Waals surface area contributed by atoms with Gasteiger partial charge >= 0.3 is 5.97 Å². The monoisotopic (exact) mass is 335 g/mol. The van der Waals surface area contributed by atoms with Crippen molar-refractivity contribution in [2.24, 2.45) is 0 Å². The molecule has 3 aliphatic heterocycles. The Hall–Kier alpha value is -1.47. The zero-order valence-corrected chi connectivity index (χ0v) is 14.0. The van der Waals surface area contributed by atoms with Crippen molar-refractivity contribution in [3.8, 4) is 0 Å². The Morgan fingerprint density at radius 3 is 2.38 bits per heavy atom. The van der Waals surface area contributed by atoms with Crippen LogP contribution in [-0.2, 0) is 14.3 Å². The number of hydrogen-bond donors (Lipinski definition) is 2. The molecule has 3 fully saturated rings. The summed E-state index contributed by atoms with van der Waals surface area (Å²) in [5.41, 5.74) is 0.803. The Labute approximate surface area is 142 Å². The summed E-state index contributed by atoms with van der Waals surface area (Å²) in [6.45, 7) is -0.226. The van der Waals surface area contributed by atoms with Gasteiger partial charge in [-0.2, -0.15) is 0 Å². The SMILES string of the molecule is CN1[C@@H]2CC(OC(=O)[C@H](CO)c3ccccc3)C[C@H]1[C@@H]1O[C@@H]12.CO. The van der Waals surface area contributed by atoms with E-state index in [9.17, 15) is 9.90 Å². The molecule has 132 valence electrons. The topological polar surface area (TPSA) is 82.5 Å². The maximum Gasteiger partial charge on any atom is 0.316 e. The second-order valence-electron chi connectivity index (χ2n) is 6.54. The number of esters is 1. The summed E-state index contributed by atoms with van der Waals surface area (Å²) in [5.74, 6) is -0.915. The van der Waals surface area contributed by atoms with E-state index in [2.05, 4.69) is 11.9 Å². The molecule has 3 heterocycles. The van der Waals surface area contributed by atoms with Crippen LogP contribution in [0.1, 0.15) is 24.3 Å². The van der Waals surface area contributed by atoms with E-state index in [1.54, 1.807) is 0 Å². The number of epoxide rings is 1. The number of carbonyl (C=O) groups is 1. The van der Waals surface area contributed by atoms with Crippen LogP contribution in [0.25, 0.3) is 0 Å². The summed E-state index contributed by atoms with van der Waals surface area (Å²) in [7, 11) is 3.13. The number of aliphatic hydroxyl groups excluding tert-OH is 2. The molecule has 3 aliphatic rings. The third-order valence-electron chi connectivity index (χ3n) is 5.33. The van der Waals surface area contributed by atoms with Crippen molar-refractivity contribution in [3.05, 3.63) is 35.9 Å². The molecule has 6 nitrogen and oxygen atoms in total. The molecule has 0 aromatic heterocycles. The van der Waals surface area contributed by atoms with E-state index in [0.717, 1.165) is 25.5 Å². The van der Waals surface area contributed by atoms with E-state index in [0.29, 0.717) is 24.3 Å². The molecule has 1 aromatic carbocycles. The van der Waals surface area contributed by atoms with Gasteiger partial charge in [0.15, 0.2) is 0 Å². The van der Waals surface area contributed by atoms with E-state index in [4.69, 9.17) is 14.6 Å². The standard InChI is InChI=1S/C17H21NO4.CH4O/c1-18-13-7-11(8-14(18)16-15(13)22-16)21-17(20)12(9-19)10-5-3-2-4-6-10;1-2/h2-6,11-16,19H,7-9H2,1H3;2H,1H3/t11?,12-,13-,14+,15-,16+;/m1./s1. The minimum atomic E-state index is -0.593. The lowest BCUT2D eigenvalue weighted by Crippen LogP contribution is -2.48. The quantitative estimate of drug-likeness (QED) is 0.617. The van der Waals surface area contributed by atoms with Crippen LogP contribution in [0.4, 0.5) is 0 Å². The molecule has 3 saturated heterocycles. The molecule has 6 atom stereocenters. The summed E-state index contributed by atoms with van der Waals surface area (Å²) in [6.07, 6.45) is 2.26. The molecule has 1 aromatic rings. The molecular weight excluding hydrogens is 310 g/mol. The normalized spacial score (nSPS) is 34.6. The predicted molar refractivity (Wildman–Crippen MR) is 87.5 cm³/mol. The summed E-state index contributed by atoms with van der Waals surface area (Å²) in [6, 6.07) is 10.1. The summed E-state index contributed by atoms with van der Waals surface area (Å²) in [4.78, 5) is 14.8. The van der Waals surface area contributed by atoms with Crippen LogP contribution in [0.2, 0.25) is 0 Å². The first kappa shape index (κ1) is 17.4. The number of ether oxygens (including phenoxy) is 2. The van der Waals surface area contributed by atoms with Crippen molar-refractivity contribution < 1.29 is 24.5 Å². The molecule has 0 radical (unpaired) electrons. The van der Waals surface area contributed by atoms with Gasteiger partial charge in [0.25, 0.3) is 0 Å². The van der Waals surface area contributed by atoms with Gasteiger partial charge in [-0.25, -0.2) is 0 Å². The highest BCUT2D eigenvalue weighted by molar-refractivity contribution is 5.78. The number of morpholine rings is 1. The number of hydrogen-bond acceptors (Lipinski definition) is 6. The van der Waals surface area contributed by atoms with Gasteiger partial charge in [-0.3, -0.25) is 9.69 Å². The molecule has 0 amide bonds. The fourth-order valence-electron chi connectivity index (χ4n) is 4.04. The lowest BCUT2D eigenvalue weighted by molar-refractivity contribution is -0.156. The highest BCUT2D eigenvalue weighted by Crippen LogP contribution is 2.48. The predicted octanol–water partition coefficient (Wildman–Crippen LogP) is 0.527. The zero-order chi connectivity index (χ0) is 17.3. The molecule has 24 heavy (non-hydrogen) atoms. The Balaban J connectivity index is 0.000000815. The fraction of sp³-hybridized carbons (Fsp3) is 0.611. The van der Waals surface area contributed by atoms with Crippen molar-refractivity contribution in [3.63, 3.8) is 0 Å². The Morgan fingerprint density at radius 1 is 1.25 bits per heavy atom. The molecule has 1 unspecified atom stereocenters. The van der Waals surface area contributed by atoms with E-state index >= 15 is 0 Å². The molecule has 2 bridgehead atoms. The number of likely N-dealkylation sites (N-methyl/N-ethyl adjacent to an activating group) is 1. The molecular formula is C18H25NO5. The highest BCUT2D eigenvalue weighted by Gasteiger charge is 2.62. The van der Waals surface area contributed by atoms with E-state index in [1.165, 1.54) is 0 Å². The number of nitrogens with zero attached hydrogens (tertiary/aromatic N) is 1. The first-order valence-corrected chi connectivity index (χ1v) is 8.37. The third-order valence-corrected chi connectivity index (χ3v) is 5.33. The van der Waals surface area contributed by atoms with Gasteiger partial charge in [0.2, 0.25) is 0 Å². The van der Waals surface area contributed by atoms with Gasteiger partial charge in [0.05, 0.1) is 6.61 Å². The number of piperidine rings is 1. The second-order valence-corrected chi connectivity index (χ2v) is 6.54. The number of carbonyl (C=O) groups excluding carboxylic acids is 1. The third kappa shape index (κ3) is 3.07. The average molecular weight is 335 g/mol. The number of benzene rings is 1. The van der Waals surface area contributed by atoms with Gasteiger partial charge in [-0.1, -0.05) is 30.3 Å². The lowest BCUT2D eigenvalue weighted by atomic mass is 9.97. The molecule has 0 spiro atoms. The minimum absolute atomic E-state index is 0.0622. The van der Waals surface area contributed by atoms with Crippen molar-refractivity contribution in [2.75, 3.05) is 20.8 Å². The van der Waals surface area contributed by atoms with Crippen LogP contribution < -0.4 is 0 Å². The van der Waals surface area contributed by atoms with Crippen LogP contribution in [0.5, 0.6) is 0 Å². The second kappa shape index (κ2) is 7.19. The Kier molecular flexibility index (Phi) is 5.20. The number of fused-ring (bicyclic) bond motifs is 5. The van der Waals surface area contributed by atoms with Crippen LogP contribution in [0, 0.1) is 0 Å². The van der Waals surface area contributed by atoms with Gasteiger partial charge in [0, 0.05) is 32.0 Å². The summed E-state index contributed by atoms with van der Waals surface area (Å²) >= 11 is 0. The van der Waals surface area contributed by atoms with Gasteiger partial charge in [-0.15, -0.1) is 0 Å².